The number of likely N-dealkylation sites (tertiary alicyclic amines) is 2. The predicted molar refractivity (Wildman–Crippen MR) is 127 cm³/mol. The Hall–Kier alpha value is -1.64. The van der Waals surface area contributed by atoms with Crippen molar-refractivity contribution in [1.82, 2.24) is 0 Å². The summed E-state index contributed by atoms with van der Waals surface area (Å²) < 4.78 is 2.67. The van der Waals surface area contributed by atoms with Crippen LogP contribution in [0.2, 0.25) is 0 Å². The Bertz CT molecular complexity index is 662. The molecule has 0 aliphatic carbocycles. The van der Waals surface area contributed by atoms with Gasteiger partial charge in [0, 0.05) is 24.0 Å². The fourth-order valence-electron chi connectivity index (χ4n) is 6.12. The van der Waals surface area contributed by atoms with E-state index in [1.165, 1.54) is 124 Å². The van der Waals surface area contributed by atoms with Crippen LogP contribution in [0, 0.1) is 0 Å². The summed E-state index contributed by atoms with van der Waals surface area (Å²) in [5.41, 5.74) is 3.06. The minimum Gasteiger partial charge on any atom is -0.320 e. The molecule has 0 aromatic heterocycles. The van der Waals surface area contributed by atoms with Crippen molar-refractivity contribution in [2.45, 2.75) is 64.5 Å². The Morgan fingerprint density at radius 2 is 0.833 bits per heavy atom. The molecule has 30 heavy (non-hydrogen) atoms. The molecule has 2 nitrogen and oxygen atoms in total. The van der Waals surface area contributed by atoms with Crippen molar-refractivity contribution in [3.63, 3.8) is 0 Å². The molecule has 2 saturated heterocycles. The third kappa shape index (κ3) is 5.95. The Morgan fingerprint density at radius 3 is 1.20 bits per heavy atom. The quantitative estimate of drug-likeness (QED) is 0.345. The summed E-state index contributed by atoms with van der Waals surface area (Å²) in [5, 5.41) is 0. The zero-order valence-corrected chi connectivity index (χ0v) is 19.0. The highest BCUT2D eigenvalue weighted by Crippen LogP contribution is 2.26. The lowest BCUT2D eigenvalue weighted by atomic mass is 10.0. The van der Waals surface area contributed by atoms with Crippen LogP contribution in [0.1, 0.15) is 62.5 Å². The molecule has 2 heteroatoms. The molecule has 0 radical (unpaired) electrons. The first kappa shape index (κ1) is 21.6. The summed E-state index contributed by atoms with van der Waals surface area (Å²) in [5.74, 6) is 0. The molecule has 0 spiro atoms. The molecule has 2 aliphatic heterocycles. The lowest BCUT2D eigenvalue weighted by molar-refractivity contribution is -0.951. The number of quaternary nitrogens is 2. The minimum atomic E-state index is 1.24. The van der Waals surface area contributed by atoms with E-state index < -0.39 is 0 Å². The van der Waals surface area contributed by atoms with Crippen molar-refractivity contribution in [2.24, 2.45) is 0 Å². The van der Waals surface area contributed by atoms with Crippen molar-refractivity contribution in [1.29, 1.82) is 0 Å². The van der Waals surface area contributed by atoms with Crippen molar-refractivity contribution in [3.05, 3.63) is 71.8 Å². The van der Waals surface area contributed by atoms with Gasteiger partial charge in [-0.05, 0) is 38.5 Å². The van der Waals surface area contributed by atoms with Gasteiger partial charge in [-0.3, -0.25) is 0 Å². The Labute approximate surface area is 184 Å². The summed E-state index contributed by atoms with van der Waals surface area (Å²) in [7, 11) is 0. The average Bonchev–Trinajstić information content (AvgIpc) is 2.80. The van der Waals surface area contributed by atoms with Crippen molar-refractivity contribution >= 4 is 0 Å². The first-order chi connectivity index (χ1) is 14.8. The molecule has 2 aliphatic rings. The second-order valence-corrected chi connectivity index (χ2v) is 10.1. The number of benzene rings is 2. The zero-order valence-electron chi connectivity index (χ0n) is 19.0. The number of nitrogens with zero attached hydrogens (tertiary/aromatic N) is 2. The van der Waals surface area contributed by atoms with Gasteiger partial charge in [-0.2, -0.15) is 0 Å². The van der Waals surface area contributed by atoms with Gasteiger partial charge in [-0.1, -0.05) is 60.7 Å². The highest BCUT2D eigenvalue weighted by molar-refractivity contribution is 5.14. The van der Waals surface area contributed by atoms with Gasteiger partial charge in [0.2, 0.25) is 0 Å². The maximum Gasteiger partial charge on any atom is 0.104 e. The maximum atomic E-state index is 2.34. The Kier molecular flexibility index (Phi) is 7.62. The molecule has 0 saturated carbocycles. The van der Waals surface area contributed by atoms with Gasteiger partial charge < -0.3 is 8.97 Å². The van der Waals surface area contributed by atoms with Gasteiger partial charge >= 0.3 is 0 Å². The van der Waals surface area contributed by atoms with E-state index in [-0.39, 0.29) is 0 Å². The van der Waals surface area contributed by atoms with Crippen LogP contribution in [0.15, 0.2) is 60.7 Å². The second-order valence-electron chi connectivity index (χ2n) is 10.1. The zero-order chi connectivity index (χ0) is 20.5. The van der Waals surface area contributed by atoms with Gasteiger partial charge in [0.05, 0.1) is 39.3 Å². The van der Waals surface area contributed by atoms with Gasteiger partial charge in [0.15, 0.2) is 0 Å². The monoisotopic (exact) mass is 406 g/mol. The number of rotatable bonds is 9. The maximum absolute atomic E-state index is 2.34. The fourth-order valence-corrected chi connectivity index (χ4v) is 6.12. The van der Waals surface area contributed by atoms with Crippen LogP contribution < -0.4 is 0 Å². The lowest BCUT2D eigenvalue weighted by Crippen LogP contribution is -2.53. The van der Waals surface area contributed by atoms with Crippen molar-refractivity contribution < 1.29 is 8.97 Å². The summed E-state index contributed by atoms with van der Waals surface area (Å²) in [6.07, 6.45) is 11.3. The second kappa shape index (κ2) is 10.6. The van der Waals surface area contributed by atoms with E-state index >= 15 is 0 Å². The number of hydrogen-bond acceptors (Lipinski definition) is 0. The summed E-state index contributed by atoms with van der Waals surface area (Å²) in [4.78, 5) is 0. The first-order valence-corrected chi connectivity index (χ1v) is 12.6. The third-order valence-corrected chi connectivity index (χ3v) is 7.77. The molecule has 4 rings (SSSR count). The highest BCUT2D eigenvalue weighted by Gasteiger charge is 2.32. The smallest absolute Gasteiger partial charge is 0.104 e. The predicted octanol–water partition coefficient (Wildman–Crippen LogP) is 6.17. The molecule has 0 atom stereocenters. The van der Waals surface area contributed by atoms with Gasteiger partial charge in [0.1, 0.15) is 13.1 Å². The van der Waals surface area contributed by atoms with Crippen molar-refractivity contribution in [2.75, 3.05) is 39.3 Å². The van der Waals surface area contributed by atoms with E-state index in [9.17, 15) is 0 Å². The molecular weight excluding hydrogens is 364 g/mol. The summed E-state index contributed by atoms with van der Waals surface area (Å²) in [6.45, 7) is 10.8. The molecule has 2 aromatic carbocycles. The summed E-state index contributed by atoms with van der Waals surface area (Å²) in [6, 6.07) is 22.5. The van der Waals surface area contributed by atoms with Crippen LogP contribution >= 0.6 is 0 Å². The number of piperidine rings is 2. The normalized spacial score (nSPS) is 20.7. The Morgan fingerprint density at radius 1 is 0.467 bits per heavy atom. The van der Waals surface area contributed by atoms with E-state index in [1.807, 2.05) is 0 Å². The topological polar surface area (TPSA) is 0 Å². The molecule has 0 unspecified atom stereocenters. The largest absolute Gasteiger partial charge is 0.320 e. The number of hydrogen-bond donors (Lipinski definition) is 0. The van der Waals surface area contributed by atoms with Crippen LogP contribution in [0.25, 0.3) is 0 Å². The standard InChI is InChI=1S/C28H42N2/c1-5-15-27(16-6-1)25-29(19-9-3-10-20-29)23-13-14-24-30(21-11-4-12-22-30)26-28-17-7-2-8-18-28/h1-2,5-8,15-18H,3-4,9-14,19-26H2/q+2. The van der Waals surface area contributed by atoms with Crippen LogP contribution in [-0.4, -0.2) is 48.2 Å². The van der Waals surface area contributed by atoms with Crippen LogP contribution in [-0.2, 0) is 13.1 Å². The molecule has 0 amide bonds. The first-order valence-electron chi connectivity index (χ1n) is 12.6. The third-order valence-electron chi connectivity index (χ3n) is 7.77. The molecule has 2 fully saturated rings. The van der Waals surface area contributed by atoms with Gasteiger partial charge in [-0.25, -0.2) is 0 Å². The molecule has 0 N–H and O–H groups in total. The van der Waals surface area contributed by atoms with E-state index in [1.54, 1.807) is 0 Å². The van der Waals surface area contributed by atoms with Crippen LogP contribution in [0.4, 0.5) is 0 Å². The van der Waals surface area contributed by atoms with E-state index in [4.69, 9.17) is 0 Å². The van der Waals surface area contributed by atoms with Gasteiger partial charge in [0.25, 0.3) is 0 Å². The van der Waals surface area contributed by atoms with E-state index in [2.05, 4.69) is 60.7 Å². The van der Waals surface area contributed by atoms with Crippen LogP contribution in [0.3, 0.4) is 0 Å². The molecule has 2 aromatic rings. The SMILES string of the molecule is c1ccc(C[N+]2(CCCC[N+]3(Cc4ccccc4)CCCCC3)CCCCC2)cc1. The molecule has 0 bridgehead atoms. The fraction of sp³-hybridized carbons (Fsp3) is 0.571. The van der Waals surface area contributed by atoms with Gasteiger partial charge in [-0.15, -0.1) is 0 Å². The Balaban J connectivity index is 1.34. The number of unbranched alkanes of at least 4 members (excludes halogenated alkanes) is 1. The molecule has 2 heterocycles. The van der Waals surface area contributed by atoms with Crippen LogP contribution in [0.5, 0.6) is 0 Å². The molecule has 162 valence electrons. The molecular formula is C28H42N2+2. The summed E-state index contributed by atoms with van der Waals surface area (Å²) >= 11 is 0. The highest BCUT2D eigenvalue weighted by atomic mass is 15.4. The lowest BCUT2D eigenvalue weighted by Gasteiger charge is -2.43. The average molecular weight is 407 g/mol. The van der Waals surface area contributed by atoms with E-state index in [0.717, 1.165) is 0 Å². The van der Waals surface area contributed by atoms with Crippen molar-refractivity contribution in [3.8, 4) is 0 Å². The van der Waals surface area contributed by atoms with E-state index in [0.29, 0.717) is 0 Å². The minimum absolute atomic E-state index is 1.24.